The minimum atomic E-state index is -0.964. The number of rotatable bonds is 38. The first kappa shape index (κ1) is 82.8. The van der Waals surface area contributed by atoms with Gasteiger partial charge >= 0.3 is 0 Å². The molecule has 0 bridgehead atoms. The third kappa shape index (κ3) is 23.6. The summed E-state index contributed by atoms with van der Waals surface area (Å²) in [6.07, 6.45) is 20.2. The van der Waals surface area contributed by atoms with Gasteiger partial charge in [0.15, 0.2) is 12.2 Å². The van der Waals surface area contributed by atoms with Crippen LogP contribution >= 0.6 is 69.6 Å². The van der Waals surface area contributed by atoms with E-state index in [1.54, 1.807) is 60.7 Å². The van der Waals surface area contributed by atoms with Crippen LogP contribution in [0.5, 0.6) is 23.0 Å². The maximum Gasteiger partial charge on any atom is 0.277 e. The summed E-state index contributed by atoms with van der Waals surface area (Å²) in [5.74, 6) is -1.94. The van der Waals surface area contributed by atoms with Gasteiger partial charge in [-0.3, -0.25) is 39.0 Å². The summed E-state index contributed by atoms with van der Waals surface area (Å²) in [4.78, 5) is 88.7. The van der Waals surface area contributed by atoms with Crippen LogP contribution < -0.4 is 41.9 Å². The highest BCUT2D eigenvalue weighted by atomic mass is 35.5. The van der Waals surface area contributed by atoms with Crippen molar-refractivity contribution < 1.29 is 38.9 Å². The van der Waals surface area contributed by atoms with E-state index in [9.17, 15) is 29.4 Å². The van der Waals surface area contributed by atoms with Gasteiger partial charge in [0.25, 0.3) is 34.7 Å². The molecule has 0 aliphatic rings. The summed E-state index contributed by atoms with van der Waals surface area (Å²) in [7, 11) is 0. The number of carbonyl (C=O) groups is 4. The summed E-state index contributed by atoms with van der Waals surface area (Å²) < 4.78 is 14.8. The number of nitrogens with one attached hydrogen (secondary N) is 6. The topological polar surface area (TPSA) is 251 Å². The van der Waals surface area contributed by atoms with Crippen molar-refractivity contribution in [2.45, 2.75) is 226 Å². The van der Waals surface area contributed by atoms with Crippen molar-refractivity contribution in [3.8, 4) is 34.4 Å². The third-order valence-electron chi connectivity index (χ3n) is 18.3. The molecule has 2 unspecified atom stereocenters. The monoisotopic (exact) mass is 1550 g/mol. The van der Waals surface area contributed by atoms with Gasteiger partial charge in [-0.2, -0.15) is 0 Å². The molecule has 24 heteroatoms. The van der Waals surface area contributed by atoms with E-state index in [1.165, 1.54) is 113 Å². The zero-order valence-corrected chi connectivity index (χ0v) is 65.7. The normalized spacial score (nSPS) is 12.2. The third-order valence-corrected chi connectivity index (χ3v) is 19.9. The molecule has 18 nitrogen and oxygen atoms in total. The van der Waals surface area contributed by atoms with Crippen LogP contribution in [0.15, 0.2) is 119 Å². The largest absolute Gasteiger partial charge is 0.508 e. The fourth-order valence-corrected chi connectivity index (χ4v) is 14.6. The number of nitrogens with zero attached hydrogens (tertiary/aromatic N) is 2. The lowest BCUT2D eigenvalue weighted by molar-refractivity contribution is -0.123. The number of amides is 4. The number of ether oxygens (including phenoxy) is 2. The first-order valence-electron chi connectivity index (χ1n) is 36.5. The van der Waals surface area contributed by atoms with E-state index in [-0.39, 0.29) is 98.3 Å². The fourth-order valence-electron chi connectivity index (χ4n) is 12.6. The number of unbranched alkanes of at least 4 members (excludes halogenated alkanes) is 18. The predicted octanol–water partition coefficient (Wildman–Crippen LogP) is 22.1. The highest BCUT2D eigenvalue weighted by Gasteiger charge is 2.30. The lowest BCUT2D eigenvalue weighted by Gasteiger charge is -2.23. The van der Waals surface area contributed by atoms with Crippen molar-refractivity contribution in [1.29, 1.82) is 0 Å². The number of aromatic hydroxyl groups is 2. The Balaban J connectivity index is 1.08. The van der Waals surface area contributed by atoms with Gasteiger partial charge in [0.1, 0.15) is 46.0 Å². The number of aromatic amines is 2. The molecule has 8 rings (SSSR count). The van der Waals surface area contributed by atoms with Crippen molar-refractivity contribution in [2.24, 2.45) is 0 Å². The van der Waals surface area contributed by atoms with Crippen LogP contribution in [0.3, 0.4) is 0 Å². The van der Waals surface area contributed by atoms with Gasteiger partial charge in [-0.25, -0.2) is 9.36 Å². The van der Waals surface area contributed by atoms with Crippen molar-refractivity contribution >= 4 is 116 Å². The Morgan fingerprint density at radius 2 is 0.762 bits per heavy atom. The SMILES string of the molecule is CCCCCCCCCCCCC(Oc1ccc(O)c(C(C)(C)C)c1)C(=O)Nc1cccc(C(=O)Nc2[nH]n(-c3c(Cl)cc(Cl)cc3Cl)c(=O)c2Cc2c(NC(=O)c3cccc(NC(=O)C(CCCCCCCCCCCC)Oc4ccc(O)c(C(C)(C)C)c4)c3)[nH]n(-c3c(Cl)cc(Cl)cc3Cl)c2=O)c1. The van der Waals surface area contributed by atoms with E-state index < -0.39 is 64.2 Å². The minimum absolute atomic E-state index is 0.0296. The van der Waals surface area contributed by atoms with Crippen LogP contribution in [0, 0.1) is 0 Å². The first-order valence-corrected chi connectivity index (χ1v) is 38.7. The molecule has 564 valence electrons. The standard InChI is InChI=1S/C81H98Cl6N8O10/c1-9-11-13-15-17-19-21-23-25-27-35-68(104-56-37-39-66(96)60(47-56)80(3,4)5)76(100)88-54-33-29-31-50(41-54)74(98)90-72-58(78(102)94(92-72)70-62(84)43-52(82)44-63(70)85)49-59-73(93-95(79(59)103)71-64(86)45-53(83)46-65(71)87)91-75(99)51-32-30-34-55(42-51)89-77(101)69(36-28-26-24-22-20-18-16-14-12-10-2)105-57-38-40-67(97)61(48-57)81(6,7)8/h29-34,37-48,68-69,92-93,96-97H,9-28,35-36,49H2,1-8H3,(H,88,100)(H,89,101)(H,90,98)(H,91,99). The minimum Gasteiger partial charge on any atom is -0.508 e. The van der Waals surface area contributed by atoms with Crippen molar-refractivity contribution in [1.82, 2.24) is 19.6 Å². The summed E-state index contributed by atoms with van der Waals surface area (Å²) in [6, 6.07) is 27.6. The maximum absolute atomic E-state index is 15.2. The molecule has 4 amide bonds. The molecule has 0 saturated carbocycles. The molecule has 2 aromatic heterocycles. The number of halogens is 6. The number of aromatic nitrogens is 4. The summed E-state index contributed by atoms with van der Waals surface area (Å²) in [6.45, 7) is 16.2. The van der Waals surface area contributed by atoms with Gasteiger partial charge < -0.3 is 41.0 Å². The number of benzene rings is 6. The number of phenols is 2. The van der Waals surface area contributed by atoms with Gasteiger partial charge in [-0.1, -0.05) is 253 Å². The van der Waals surface area contributed by atoms with Crippen LogP contribution in [0.4, 0.5) is 23.0 Å². The van der Waals surface area contributed by atoms with Crippen LogP contribution in [-0.2, 0) is 26.8 Å². The van der Waals surface area contributed by atoms with E-state index in [2.05, 4.69) is 45.3 Å². The number of anilines is 4. The summed E-state index contributed by atoms with van der Waals surface area (Å²) in [5, 5.41) is 38.9. The van der Waals surface area contributed by atoms with Crippen molar-refractivity contribution in [2.75, 3.05) is 21.3 Å². The van der Waals surface area contributed by atoms with Crippen LogP contribution in [0.25, 0.3) is 11.4 Å². The number of carbonyl (C=O) groups excluding carboxylic acids is 4. The average Bonchev–Trinajstić information content (AvgIpc) is 1.66. The molecule has 0 saturated heterocycles. The molecular weight excluding hydrogens is 1460 g/mol. The highest BCUT2D eigenvalue weighted by molar-refractivity contribution is 6.41. The van der Waals surface area contributed by atoms with Gasteiger partial charge in [-0.15, -0.1) is 0 Å². The Morgan fingerprint density at radius 1 is 0.438 bits per heavy atom. The van der Waals surface area contributed by atoms with E-state index in [4.69, 9.17) is 79.1 Å². The molecule has 0 spiro atoms. The molecule has 6 aromatic carbocycles. The molecule has 8 N–H and O–H groups in total. The van der Waals surface area contributed by atoms with Crippen molar-refractivity contribution in [3.05, 3.63) is 193 Å². The first-order chi connectivity index (χ1) is 50.0. The molecule has 8 aromatic rings. The van der Waals surface area contributed by atoms with Gasteiger partial charge in [0.05, 0.1) is 31.2 Å². The Hall–Kier alpha value is -7.84. The number of H-pyrrole nitrogens is 2. The van der Waals surface area contributed by atoms with Crippen molar-refractivity contribution in [3.63, 3.8) is 0 Å². The zero-order chi connectivity index (χ0) is 76.1. The molecule has 0 fully saturated rings. The second-order valence-corrected chi connectivity index (χ2v) is 31.4. The average molecular weight is 1560 g/mol. The molecule has 0 radical (unpaired) electrons. The van der Waals surface area contributed by atoms with E-state index in [0.717, 1.165) is 60.7 Å². The molecule has 105 heavy (non-hydrogen) atoms. The van der Waals surface area contributed by atoms with E-state index in [0.29, 0.717) is 48.3 Å². The van der Waals surface area contributed by atoms with Gasteiger partial charge in [0.2, 0.25) is 0 Å². The number of hydrogen-bond acceptors (Lipinski definition) is 10. The maximum atomic E-state index is 15.2. The second-order valence-electron chi connectivity index (χ2n) is 28.9. The van der Waals surface area contributed by atoms with Crippen LogP contribution in [0.1, 0.15) is 240 Å². The van der Waals surface area contributed by atoms with Crippen LogP contribution in [0.2, 0.25) is 30.1 Å². The number of hydrogen-bond donors (Lipinski definition) is 8. The summed E-state index contributed by atoms with van der Waals surface area (Å²) in [5.41, 5.74) is -1.30. The Labute approximate surface area is 645 Å². The lowest BCUT2D eigenvalue weighted by atomic mass is 9.86. The lowest BCUT2D eigenvalue weighted by Crippen LogP contribution is -2.33. The summed E-state index contributed by atoms with van der Waals surface area (Å²) >= 11 is 39.8. The Bertz CT molecular complexity index is 4110. The molecule has 2 heterocycles. The van der Waals surface area contributed by atoms with E-state index in [1.807, 2.05) is 41.5 Å². The second kappa shape index (κ2) is 39.1. The van der Waals surface area contributed by atoms with Gasteiger partial charge in [0, 0.05) is 50.1 Å². The quantitative estimate of drug-likeness (QED) is 0.0170. The Morgan fingerprint density at radius 3 is 1.09 bits per heavy atom. The predicted molar refractivity (Wildman–Crippen MR) is 427 cm³/mol. The molecule has 0 aliphatic heterocycles. The highest BCUT2D eigenvalue weighted by Crippen LogP contribution is 2.38. The smallest absolute Gasteiger partial charge is 0.277 e. The zero-order valence-electron chi connectivity index (χ0n) is 61.1. The molecule has 0 aliphatic carbocycles. The fraction of sp³-hybridized carbons (Fsp3) is 0.432. The molecule has 2 atom stereocenters. The van der Waals surface area contributed by atoms with E-state index >= 15 is 9.59 Å². The van der Waals surface area contributed by atoms with Gasteiger partial charge in [-0.05, 0) is 134 Å². The van der Waals surface area contributed by atoms with Crippen LogP contribution in [-0.4, -0.2) is 65.6 Å². The number of phenolic OH excluding ortho intramolecular Hbond substituents is 2. The molecular formula is C81H98Cl6N8O10. The Kier molecular flexibility index (Phi) is 30.9.